The maximum Gasteiger partial charge on any atom is 0.151 e. The average molecular weight is 251 g/mol. The lowest BCUT2D eigenvalue weighted by atomic mass is 10.1. The monoisotopic (exact) mass is 251 g/mol. The number of sulfone groups is 1. The van der Waals surface area contributed by atoms with Gasteiger partial charge < -0.3 is 10.4 Å². The minimum Gasteiger partial charge on any atom is -0.393 e. The van der Waals surface area contributed by atoms with Crippen molar-refractivity contribution in [1.82, 2.24) is 5.32 Å². The van der Waals surface area contributed by atoms with Crippen molar-refractivity contribution in [1.29, 1.82) is 0 Å². The largest absolute Gasteiger partial charge is 0.393 e. The molecule has 4 nitrogen and oxygen atoms in total. The molecular weight excluding hydrogens is 226 g/mol. The fraction of sp³-hybridized carbons (Fsp3) is 1.00. The predicted molar refractivity (Wildman–Crippen MR) is 67.3 cm³/mol. The van der Waals surface area contributed by atoms with Crippen molar-refractivity contribution in [2.75, 3.05) is 18.1 Å². The number of hydrogen-bond acceptors (Lipinski definition) is 4. The molecule has 0 aliphatic rings. The van der Waals surface area contributed by atoms with Crippen molar-refractivity contribution in [3.8, 4) is 0 Å². The third-order valence-corrected chi connectivity index (χ3v) is 4.51. The summed E-state index contributed by atoms with van der Waals surface area (Å²) in [5.41, 5.74) is 0. The fourth-order valence-electron chi connectivity index (χ4n) is 1.45. The number of nitrogens with one attached hydrogen (secondary N) is 1. The molecule has 98 valence electrons. The van der Waals surface area contributed by atoms with E-state index in [2.05, 4.69) is 5.32 Å². The molecule has 0 heterocycles. The molecule has 0 spiro atoms. The van der Waals surface area contributed by atoms with Gasteiger partial charge in [-0.15, -0.1) is 0 Å². The van der Waals surface area contributed by atoms with Gasteiger partial charge in [-0.1, -0.05) is 13.8 Å². The minimum absolute atomic E-state index is 0.0104. The first kappa shape index (κ1) is 15.9. The molecule has 0 saturated carbocycles. The van der Waals surface area contributed by atoms with Crippen molar-refractivity contribution in [2.24, 2.45) is 0 Å². The molecule has 0 bridgehead atoms. The van der Waals surface area contributed by atoms with Crippen LogP contribution in [0.1, 0.15) is 40.0 Å². The summed E-state index contributed by atoms with van der Waals surface area (Å²) in [6, 6.07) is -0.0104. The molecule has 0 saturated heterocycles. The number of hydrogen-bond donors (Lipinski definition) is 2. The van der Waals surface area contributed by atoms with E-state index in [4.69, 9.17) is 0 Å². The predicted octanol–water partition coefficient (Wildman–Crippen LogP) is 0.950. The zero-order valence-corrected chi connectivity index (χ0v) is 11.4. The molecule has 0 amide bonds. The average Bonchev–Trinajstić information content (AvgIpc) is 2.23. The first-order chi connectivity index (χ1) is 7.41. The fourth-order valence-corrected chi connectivity index (χ4v) is 2.56. The van der Waals surface area contributed by atoms with Gasteiger partial charge in [0.05, 0.1) is 11.9 Å². The van der Waals surface area contributed by atoms with Crippen molar-refractivity contribution < 1.29 is 13.5 Å². The molecule has 0 radical (unpaired) electrons. The van der Waals surface area contributed by atoms with Gasteiger partial charge in [0, 0.05) is 11.8 Å². The van der Waals surface area contributed by atoms with Crippen molar-refractivity contribution in [3.05, 3.63) is 0 Å². The molecule has 0 fully saturated rings. The van der Waals surface area contributed by atoms with Gasteiger partial charge in [-0.05, 0) is 32.7 Å². The molecule has 2 atom stereocenters. The second kappa shape index (κ2) is 8.03. The Balaban J connectivity index is 3.63. The van der Waals surface area contributed by atoms with Gasteiger partial charge in [-0.25, -0.2) is 8.42 Å². The molecule has 0 aliphatic heterocycles. The van der Waals surface area contributed by atoms with E-state index in [1.807, 2.05) is 13.8 Å². The Labute approximate surface area is 99.4 Å². The first-order valence-corrected chi connectivity index (χ1v) is 7.85. The van der Waals surface area contributed by atoms with E-state index in [0.717, 1.165) is 25.8 Å². The lowest BCUT2D eigenvalue weighted by Gasteiger charge is -2.14. The highest BCUT2D eigenvalue weighted by atomic mass is 32.2. The summed E-state index contributed by atoms with van der Waals surface area (Å²) < 4.78 is 22.6. The van der Waals surface area contributed by atoms with Crippen molar-refractivity contribution in [3.63, 3.8) is 0 Å². The Morgan fingerprint density at radius 2 is 1.94 bits per heavy atom. The first-order valence-electron chi connectivity index (χ1n) is 6.03. The highest BCUT2D eigenvalue weighted by molar-refractivity contribution is 7.91. The summed E-state index contributed by atoms with van der Waals surface area (Å²) in [7, 11) is -2.89. The van der Waals surface area contributed by atoms with Crippen LogP contribution in [0.15, 0.2) is 0 Å². The summed E-state index contributed by atoms with van der Waals surface area (Å²) in [6.07, 6.45) is 2.21. The third kappa shape index (κ3) is 8.07. The molecule has 2 unspecified atom stereocenters. The molecular formula is C11H25NO3S. The van der Waals surface area contributed by atoms with Crippen LogP contribution >= 0.6 is 0 Å². The van der Waals surface area contributed by atoms with Crippen LogP contribution in [0.2, 0.25) is 0 Å². The van der Waals surface area contributed by atoms with E-state index in [9.17, 15) is 13.5 Å². The molecule has 5 heteroatoms. The van der Waals surface area contributed by atoms with Gasteiger partial charge in [0.15, 0.2) is 9.84 Å². The van der Waals surface area contributed by atoms with Crippen LogP contribution in [-0.2, 0) is 9.84 Å². The van der Waals surface area contributed by atoms with E-state index in [0.29, 0.717) is 0 Å². The molecule has 0 aromatic heterocycles. The maximum absolute atomic E-state index is 11.3. The van der Waals surface area contributed by atoms with E-state index >= 15 is 0 Å². The molecule has 0 rings (SSSR count). The topological polar surface area (TPSA) is 66.4 Å². The molecule has 2 N–H and O–H groups in total. The van der Waals surface area contributed by atoms with E-state index in [1.165, 1.54) is 0 Å². The van der Waals surface area contributed by atoms with Crippen LogP contribution in [0, 0.1) is 0 Å². The number of aliphatic hydroxyl groups is 1. The lowest BCUT2D eigenvalue weighted by molar-refractivity contribution is 0.157. The van der Waals surface area contributed by atoms with Gasteiger partial charge in [0.2, 0.25) is 0 Å². The Morgan fingerprint density at radius 1 is 1.31 bits per heavy atom. The highest BCUT2D eigenvalue weighted by Gasteiger charge is 2.12. The van der Waals surface area contributed by atoms with Gasteiger partial charge >= 0.3 is 0 Å². The standard InChI is InChI=1S/C11H25NO3S/c1-4-11(13)7-6-8-12-10(3)9-16(14,15)5-2/h10-13H,4-9H2,1-3H3. The molecule has 16 heavy (non-hydrogen) atoms. The quantitative estimate of drug-likeness (QED) is 0.599. The summed E-state index contributed by atoms with van der Waals surface area (Å²) in [5, 5.41) is 12.5. The van der Waals surface area contributed by atoms with Gasteiger partial charge in [-0.2, -0.15) is 0 Å². The van der Waals surface area contributed by atoms with E-state index in [-0.39, 0.29) is 23.7 Å². The van der Waals surface area contributed by atoms with Gasteiger partial charge in [0.25, 0.3) is 0 Å². The summed E-state index contributed by atoms with van der Waals surface area (Å²) in [5.74, 6) is 0.396. The van der Waals surface area contributed by atoms with E-state index < -0.39 is 9.84 Å². The summed E-state index contributed by atoms with van der Waals surface area (Å²) in [6.45, 7) is 6.26. The van der Waals surface area contributed by atoms with E-state index in [1.54, 1.807) is 6.92 Å². The Kier molecular flexibility index (Phi) is 7.97. The minimum atomic E-state index is -2.89. The van der Waals surface area contributed by atoms with Gasteiger partial charge in [-0.3, -0.25) is 0 Å². The highest BCUT2D eigenvalue weighted by Crippen LogP contribution is 2.00. The molecule has 0 aliphatic carbocycles. The van der Waals surface area contributed by atoms with Crippen LogP contribution in [0.4, 0.5) is 0 Å². The Morgan fingerprint density at radius 3 is 2.44 bits per heavy atom. The van der Waals surface area contributed by atoms with Crippen molar-refractivity contribution in [2.45, 2.75) is 52.2 Å². The van der Waals surface area contributed by atoms with Crippen LogP contribution < -0.4 is 5.32 Å². The van der Waals surface area contributed by atoms with Crippen LogP contribution in [0.25, 0.3) is 0 Å². The van der Waals surface area contributed by atoms with Crippen LogP contribution in [-0.4, -0.2) is 43.7 Å². The number of aliphatic hydroxyl groups excluding tert-OH is 1. The second-order valence-corrected chi connectivity index (χ2v) is 6.66. The van der Waals surface area contributed by atoms with Crippen LogP contribution in [0.3, 0.4) is 0 Å². The summed E-state index contributed by atoms with van der Waals surface area (Å²) >= 11 is 0. The molecule has 0 aromatic carbocycles. The Bertz CT molecular complexity index is 264. The molecule has 0 aromatic rings. The van der Waals surface area contributed by atoms with Crippen molar-refractivity contribution >= 4 is 9.84 Å². The smallest absolute Gasteiger partial charge is 0.151 e. The second-order valence-electron chi connectivity index (χ2n) is 4.26. The Hall–Kier alpha value is -0.130. The third-order valence-electron chi connectivity index (χ3n) is 2.62. The zero-order valence-electron chi connectivity index (χ0n) is 10.6. The van der Waals surface area contributed by atoms with Crippen LogP contribution in [0.5, 0.6) is 0 Å². The summed E-state index contributed by atoms with van der Waals surface area (Å²) in [4.78, 5) is 0. The SMILES string of the molecule is CCC(O)CCCNC(C)CS(=O)(=O)CC. The zero-order chi connectivity index (χ0) is 12.6. The normalized spacial score (nSPS) is 16.0. The number of rotatable bonds is 9. The van der Waals surface area contributed by atoms with Gasteiger partial charge in [0.1, 0.15) is 0 Å². The maximum atomic E-state index is 11.3. The lowest BCUT2D eigenvalue weighted by Crippen LogP contribution is -2.34.